The first-order valence-electron chi connectivity index (χ1n) is 28.7. The number of ether oxygens (including phenoxy) is 3. The smallest absolute Gasteiger partial charge is 0.306 e. The Balaban J connectivity index is 4.49. The van der Waals surface area contributed by atoms with Crippen LogP contribution in [0.3, 0.4) is 0 Å². The molecule has 0 spiro atoms. The van der Waals surface area contributed by atoms with E-state index in [1.165, 1.54) is 128 Å². The molecule has 1 unspecified atom stereocenters. The molecule has 68 heavy (non-hydrogen) atoms. The van der Waals surface area contributed by atoms with E-state index in [9.17, 15) is 14.4 Å². The van der Waals surface area contributed by atoms with Crippen molar-refractivity contribution in [3.63, 3.8) is 0 Å². The Morgan fingerprint density at radius 3 is 0.926 bits per heavy atom. The van der Waals surface area contributed by atoms with E-state index in [0.29, 0.717) is 12.8 Å². The lowest BCUT2D eigenvalue weighted by molar-refractivity contribution is -0.167. The number of hydrogen-bond donors (Lipinski definition) is 0. The highest BCUT2D eigenvalue weighted by Gasteiger charge is 2.19. The summed E-state index contributed by atoms with van der Waals surface area (Å²) in [6.45, 7) is 6.55. The first-order chi connectivity index (χ1) is 33.5. The lowest BCUT2D eigenvalue weighted by Crippen LogP contribution is -2.30. The highest BCUT2D eigenvalue weighted by Crippen LogP contribution is 2.14. The largest absolute Gasteiger partial charge is 0.462 e. The zero-order chi connectivity index (χ0) is 49.3. The van der Waals surface area contributed by atoms with E-state index in [-0.39, 0.29) is 37.5 Å². The summed E-state index contributed by atoms with van der Waals surface area (Å²) >= 11 is 0. The molecule has 0 aliphatic heterocycles. The van der Waals surface area contributed by atoms with Gasteiger partial charge in [0.25, 0.3) is 0 Å². The maximum Gasteiger partial charge on any atom is 0.306 e. The van der Waals surface area contributed by atoms with Crippen LogP contribution in [-0.4, -0.2) is 37.2 Å². The highest BCUT2D eigenvalue weighted by atomic mass is 16.6. The van der Waals surface area contributed by atoms with E-state index < -0.39 is 6.10 Å². The van der Waals surface area contributed by atoms with Gasteiger partial charge in [0.05, 0.1) is 0 Å². The van der Waals surface area contributed by atoms with Crippen LogP contribution in [0.25, 0.3) is 0 Å². The standard InChI is InChI=1S/C62H106O6/c1-4-7-10-13-16-19-22-25-28-31-32-35-37-40-43-46-49-52-55-61(64)67-58-59(68-62(65)56-53-50-47-44-41-38-34-30-27-24-21-18-15-12-9-6-3)57-66-60(63)54-51-48-45-42-39-36-33-29-26-23-20-17-14-11-8-5-2/h16,19,22,25,28-35,38,41,59H,4-15,17-18,20-21,23-24,26-27,36-37,39-40,42-58H2,1-3H3/b19-16-,25-22-,31-28-,33-29-,34-30-,35-32-,41-38-. The van der Waals surface area contributed by atoms with Gasteiger partial charge in [0.15, 0.2) is 6.10 Å². The molecule has 390 valence electrons. The molecule has 0 aromatic carbocycles. The second-order valence-corrected chi connectivity index (χ2v) is 19.0. The van der Waals surface area contributed by atoms with Crippen molar-refractivity contribution in [3.8, 4) is 0 Å². The molecule has 1 atom stereocenters. The Bertz CT molecular complexity index is 1320. The van der Waals surface area contributed by atoms with Gasteiger partial charge in [0, 0.05) is 19.3 Å². The quantitative estimate of drug-likeness (QED) is 0.0199. The Hall–Kier alpha value is -3.41. The first-order valence-corrected chi connectivity index (χ1v) is 28.7. The second-order valence-electron chi connectivity index (χ2n) is 19.0. The summed E-state index contributed by atoms with van der Waals surface area (Å²) in [5.41, 5.74) is 0. The number of esters is 3. The van der Waals surface area contributed by atoms with Crippen LogP contribution in [0.15, 0.2) is 85.1 Å². The molecule has 0 aliphatic carbocycles. The SMILES string of the molecule is CCCCC\C=C/C=C\C=C/C=C\CCCCCCCC(=O)OCC(COC(=O)CCCCCCC/C=C\CCCCCCCCC)OC(=O)CCCCC/C=C\C=C/CCCCCCCCC. The maximum absolute atomic E-state index is 12.8. The molecule has 0 amide bonds. The summed E-state index contributed by atoms with van der Waals surface area (Å²) in [6, 6.07) is 0. The van der Waals surface area contributed by atoms with Crippen molar-refractivity contribution in [2.45, 2.75) is 277 Å². The van der Waals surface area contributed by atoms with Crippen molar-refractivity contribution in [1.82, 2.24) is 0 Å². The van der Waals surface area contributed by atoms with Crippen LogP contribution in [0.4, 0.5) is 0 Å². The van der Waals surface area contributed by atoms with Crippen LogP contribution in [-0.2, 0) is 28.6 Å². The second kappa shape index (κ2) is 56.2. The zero-order valence-corrected chi connectivity index (χ0v) is 44.6. The predicted octanol–water partition coefficient (Wildman–Crippen LogP) is 19.2. The molecule has 6 nitrogen and oxygen atoms in total. The average Bonchev–Trinajstić information content (AvgIpc) is 3.34. The van der Waals surface area contributed by atoms with Gasteiger partial charge < -0.3 is 14.2 Å². The van der Waals surface area contributed by atoms with E-state index >= 15 is 0 Å². The van der Waals surface area contributed by atoms with E-state index in [1.807, 2.05) is 0 Å². The number of rotatable bonds is 51. The number of allylic oxidation sites excluding steroid dienone is 14. The minimum absolute atomic E-state index is 0.0994. The molecular formula is C62H106O6. The van der Waals surface area contributed by atoms with Gasteiger partial charge in [0.2, 0.25) is 0 Å². The van der Waals surface area contributed by atoms with Crippen LogP contribution in [0, 0.1) is 0 Å². The van der Waals surface area contributed by atoms with Crippen molar-refractivity contribution in [1.29, 1.82) is 0 Å². The minimum Gasteiger partial charge on any atom is -0.462 e. The van der Waals surface area contributed by atoms with Crippen molar-refractivity contribution >= 4 is 17.9 Å². The van der Waals surface area contributed by atoms with Crippen molar-refractivity contribution in [3.05, 3.63) is 85.1 Å². The fraction of sp³-hybridized carbons (Fsp3) is 0.726. The minimum atomic E-state index is -0.805. The average molecular weight is 948 g/mol. The van der Waals surface area contributed by atoms with Gasteiger partial charge in [-0.25, -0.2) is 0 Å². The van der Waals surface area contributed by atoms with E-state index in [4.69, 9.17) is 14.2 Å². The molecule has 0 aromatic rings. The van der Waals surface area contributed by atoms with Gasteiger partial charge in [-0.2, -0.15) is 0 Å². The van der Waals surface area contributed by atoms with Crippen LogP contribution < -0.4 is 0 Å². The molecule has 0 rings (SSSR count). The van der Waals surface area contributed by atoms with Gasteiger partial charge in [-0.1, -0.05) is 241 Å². The summed E-state index contributed by atoms with van der Waals surface area (Å²) in [5, 5.41) is 0. The molecule has 0 radical (unpaired) electrons. The molecule has 6 heteroatoms. The molecule has 0 aliphatic rings. The van der Waals surface area contributed by atoms with Crippen molar-refractivity contribution in [2.24, 2.45) is 0 Å². The zero-order valence-electron chi connectivity index (χ0n) is 44.6. The van der Waals surface area contributed by atoms with Gasteiger partial charge >= 0.3 is 17.9 Å². The third-order valence-electron chi connectivity index (χ3n) is 12.2. The Morgan fingerprint density at radius 1 is 0.294 bits per heavy atom. The number of unbranched alkanes of at least 4 members (excludes halogenated alkanes) is 30. The van der Waals surface area contributed by atoms with Gasteiger partial charge in [-0.3, -0.25) is 14.4 Å². The lowest BCUT2D eigenvalue weighted by atomic mass is 10.1. The van der Waals surface area contributed by atoms with Crippen LogP contribution >= 0.6 is 0 Å². The third kappa shape index (κ3) is 53.5. The van der Waals surface area contributed by atoms with Crippen molar-refractivity contribution < 1.29 is 28.6 Å². The first kappa shape index (κ1) is 64.6. The molecule has 0 aromatic heterocycles. The molecule has 0 N–H and O–H groups in total. The van der Waals surface area contributed by atoms with Gasteiger partial charge in [-0.05, 0) is 96.3 Å². The molecule has 0 heterocycles. The molecule has 0 fully saturated rings. The normalized spacial score (nSPS) is 12.7. The van der Waals surface area contributed by atoms with E-state index in [0.717, 1.165) is 103 Å². The Labute approximate surface area is 420 Å². The lowest BCUT2D eigenvalue weighted by Gasteiger charge is -2.18. The maximum atomic E-state index is 12.8. The van der Waals surface area contributed by atoms with Crippen LogP contribution in [0.1, 0.15) is 271 Å². The highest BCUT2D eigenvalue weighted by molar-refractivity contribution is 5.71. The Kier molecular flexibility index (Phi) is 53.4. The van der Waals surface area contributed by atoms with Crippen LogP contribution in [0.5, 0.6) is 0 Å². The van der Waals surface area contributed by atoms with Gasteiger partial charge in [0.1, 0.15) is 13.2 Å². The fourth-order valence-corrected chi connectivity index (χ4v) is 7.85. The number of carbonyl (C=O) groups is 3. The summed E-state index contributed by atoms with van der Waals surface area (Å²) in [6.07, 6.45) is 72.8. The molecule has 0 saturated carbocycles. The van der Waals surface area contributed by atoms with Crippen LogP contribution in [0.2, 0.25) is 0 Å². The molecular weight excluding hydrogens is 841 g/mol. The third-order valence-corrected chi connectivity index (χ3v) is 12.2. The fourth-order valence-electron chi connectivity index (χ4n) is 7.85. The van der Waals surface area contributed by atoms with E-state index in [1.54, 1.807) is 0 Å². The summed E-state index contributed by atoms with van der Waals surface area (Å²) < 4.78 is 16.8. The van der Waals surface area contributed by atoms with Gasteiger partial charge in [-0.15, -0.1) is 0 Å². The monoisotopic (exact) mass is 947 g/mol. The van der Waals surface area contributed by atoms with E-state index in [2.05, 4.69) is 106 Å². The summed E-state index contributed by atoms with van der Waals surface area (Å²) in [5.74, 6) is -0.952. The number of carbonyl (C=O) groups excluding carboxylic acids is 3. The topological polar surface area (TPSA) is 78.9 Å². The summed E-state index contributed by atoms with van der Waals surface area (Å²) in [7, 11) is 0. The molecule has 0 saturated heterocycles. The predicted molar refractivity (Wildman–Crippen MR) is 293 cm³/mol. The summed E-state index contributed by atoms with van der Waals surface area (Å²) in [4.78, 5) is 38.1. The molecule has 0 bridgehead atoms. The van der Waals surface area contributed by atoms with Crippen molar-refractivity contribution in [2.75, 3.05) is 13.2 Å². The number of hydrogen-bond acceptors (Lipinski definition) is 6. The Morgan fingerprint density at radius 2 is 0.544 bits per heavy atom.